The molecule has 0 spiro atoms. The van der Waals surface area contributed by atoms with Crippen LogP contribution in [0.5, 0.6) is 5.75 Å². The molecule has 3 N–H and O–H groups in total. The molecular formula is C15H22N2O2. The minimum Gasteiger partial charge on any atom is -0.493 e. The van der Waals surface area contributed by atoms with Crippen LogP contribution in [0.4, 0.5) is 5.69 Å². The highest BCUT2D eigenvalue weighted by atomic mass is 16.5. The van der Waals surface area contributed by atoms with Crippen LogP contribution < -0.4 is 15.8 Å². The number of hydrogen-bond donors (Lipinski definition) is 2. The number of ether oxygens (including phenoxy) is 1. The Hall–Kier alpha value is -1.71. The minimum absolute atomic E-state index is 0.0637. The fourth-order valence-corrected chi connectivity index (χ4v) is 2.39. The van der Waals surface area contributed by atoms with Gasteiger partial charge in [0.05, 0.1) is 13.0 Å². The summed E-state index contributed by atoms with van der Waals surface area (Å²) in [5, 5.41) is 3.13. The molecule has 0 atom stereocenters. The number of amides is 1. The molecule has 2 rings (SSSR count). The van der Waals surface area contributed by atoms with Crippen LogP contribution in [0.1, 0.15) is 39.0 Å². The molecule has 0 saturated heterocycles. The Balaban J connectivity index is 1.72. The van der Waals surface area contributed by atoms with Crippen molar-refractivity contribution in [3.63, 3.8) is 0 Å². The van der Waals surface area contributed by atoms with Crippen LogP contribution in [0, 0.1) is 0 Å². The monoisotopic (exact) mass is 262 g/mol. The molecule has 0 radical (unpaired) electrons. The van der Waals surface area contributed by atoms with Gasteiger partial charge in [0.15, 0.2) is 0 Å². The molecule has 1 fully saturated rings. The maximum Gasteiger partial charge on any atom is 0.223 e. The molecule has 0 bridgehead atoms. The van der Waals surface area contributed by atoms with Crippen molar-refractivity contribution in [2.45, 2.75) is 44.6 Å². The summed E-state index contributed by atoms with van der Waals surface area (Å²) >= 11 is 0. The molecule has 1 aliphatic carbocycles. The van der Waals surface area contributed by atoms with Crippen LogP contribution in [-0.4, -0.2) is 18.1 Å². The van der Waals surface area contributed by atoms with Crippen molar-refractivity contribution in [3.05, 3.63) is 24.3 Å². The van der Waals surface area contributed by atoms with Gasteiger partial charge in [0.1, 0.15) is 5.75 Å². The van der Waals surface area contributed by atoms with Gasteiger partial charge in [0.2, 0.25) is 5.91 Å². The molecular weight excluding hydrogens is 240 g/mol. The highest BCUT2D eigenvalue weighted by Crippen LogP contribution is 2.34. The molecule has 4 nitrogen and oxygen atoms in total. The van der Waals surface area contributed by atoms with E-state index >= 15 is 0 Å². The van der Waals surface area contributed by atoms with Gasteiger partial charge in [-0.1, -0.05) is 13.0 Å². The molecule has 0 aliphatic heterocycles. The van der Waals surface area contributed by atoms with E-state index in [0.717, 1.165) is 19.3 Å². The summed E-state index contributed by atoms with van der Waals surface area (Å²) in [4.78, 5) is 11.9. The first kappa shape index (κ1) is 13.7. The largest absolute Gasteiger partial charge is 0.493 e. The second-order valence-corrected chi connectivity index (χ2v) is 5.21. The number of nitrogens with one attached hydrogen (secondary N) is 1. The first-order valence-electron chi connectivity index (χ1n) is 6.93. The third-order valence-corrected chi connectivity index (χ3v) is 3.85. The standard InChI is InChI=1S/C15H22N2O2/c1-2-15(8-4-9-15)17-14(18)7-10-19-13-6-3-5-12(16)11-13/h3,5-6,11H,2,4,7-10,16H2,1H3,(H,17,18). The lowest BCUT2D eigenvalue weighted by atomic mass is 9.75. The van der Waals surface area contributed by atoms with E-state index in [9.17, 15) is 4.79 Å². The zero-order chi connectivity index (χ0) is 13.7. The highest BCUT2D eigenvalue weighted by molar-refractivity contribution is 5.77. The van der Waals surface area contributed by atoms with E-state index in [-0.39, 0.29) is 11.4 Å². The van der Waals surface area contributed by atoms with Crippen molar-refractivity contribution in [1.29, 1.82) is 0 Å². The van der Waals surface area contributed by atoms with E-state index < -0.39 is 0 Å². The Bertz CT molecular complexity index is 436. The Morgan fingerprint density at radius 3 is 2.84 bits per heavy atom. The molecule has 1 saturated carbocycles. The molecule has 0 heterocycles. The average Bonchev–Trinajstić information content (AvgIpc) is 2.34. The lowest BCUT2D eigenvalue weighted by Crippen LogP contribution is -2.53. The van der Waals surface area contributed by atoms with Crippen LogP contribution in [0.2, 0.25) is 0 Å². The number of nitrogens with two attached hydrogens (primary N) is 1. The first-order chi connectivity index (χ1) is 9.13. The van der Waals surface area contributed by atoms with Crippen molar-refractivity contribution in [3.8, 4) is 5.75 Å². The molecule has 104 valence electrons. The van der Waals surface area contributed by atoms with Crippen molar-refractivity contribution in [1.82, 2.24) is 5.32 Å². The van der Waals surface area contributed by atoms with Crippen molar-refractivity contribution in [2.24, 2.45) is 0 Å². The predicted octanol–water partition coefficient (Wildman–Crippen LogP) is 2.49. The van der Waals surface area contributed by atoms with E-state index in [0.29, 0.717) is 24.5 Å². The molecule has 1 aromatic rings. The first-order valence-corrected chi connectivity index (χ1v) is 6.93. The van der Waals surface area contributed by atoms with Gasteiger partial charge in [-0.05, 0) is 37.8 Å². The van der Waals surface area contributed by atoms with Crippen LogP contribution in [0.25, 0.3) is 0 Å². The second kappa shape index (κ2) is 5.95. The van der Waals surface area contributed by atoms with Gasteiger partial charge in [0.25, 0.3) is 0 Å². The summed E-state index contributed by atoms with van der Waals surface area (Å²) in [6.45, 7) is 2.51. The van der Waals surface area contributed by atoms with Crippen molar-refractivity contribution in [2.75, 3.05) is 12.3 Å². The van der Waals surface area contributed by atoms with Gasteiger partial charge in [0, 0.05) is 17.3 Å². The molecule has 0 unspecified atom stereocenters. The summed E-state index contributed by atoms with van der Waals surface area (Å²) in [7, 11) is 0. The van der Waals surface area contributed by atoms with Crippen molar-refractivity contribution < 1.29 is 9.53 Å². The zero-order valence-electron chi connectivity index (χ0n) is 11.4. The summed E-state index contributed by atoms with van der Waals surface area (Å²) in [5.74, 6) is 0.784. The fraction of sp³-hybridized carbons (Fsp3) is 0.533. The Morgan fingerprint density at radius 2 is 2.26 bits per heavy atom. The average molecular weight is 262 g/mol. The maximum absolute atomic E-state index is 11.9. The lowest BCUT2D eigenvalue weighted by Gasteiger charge is -2.42. The van der Waals surface area contributed by atoms with E-state index in [4.69, 9.17) is 10.5 Å². The van der Waals surface area contributed by atoms with Gasteiger partial charge < -0.3 is 15.8 Å². The Kier molecular flexibility index (Phi) is 4.30. The molecule has 0 aromatic heterocycles. The van der Waals surface area contributed by atoms with Gasteiger partial charge in [-0.3, -0.25) is 4.79 Å². The lowest BCUT2D eigenvalue weighted by molar-refractivity contribution is -0.124. The Morgan fingerprint density at radius 1 is 1.47 bits per heavy atom. The smallest absolute Gasteiger partial charge is 0.223 e. The van der Waals surface area contributed by atoms with E-state index in [2.05, 4.69) is 12.2 Å². The summed E-state index contributed by atoms with van der Waals surface area (Å²) in [5.41, 5.74) is 6.39. The number of hydrogen-bond acceptors (Lipinski definition) is 3. The van der Waals surface area contributed by atoms with Crippen molar-refractivity contribution >= 4 is 11.6 Å². The van der Waals surface area contributed by atoms with Crippen LogP contribution >= 0.6 is 0 Å². The third kappa shape index (κ3) is 3.63. The quantitative estimate of drug-likeness (QED) is 0.774. The number of carbonyl (C=O) groups excluding carboxylic acids is 1. The van der Waals surface area contributed by atoms with Gasteiger partial charge in [-0.15, -0.1) is 0 Å². The highest BCUT2D eigenvalue weighted by Gasteiger charge is 2.36. The minimum atomic E-state index is 0.0637. The molecule has 1 aromatic carbocycles. The molecule has 1 amide bonds. The number of nitrogen functional groups attached to an aromatic ring is 1. The summed E-state index contributed by atoms with van der Waals surface area (Å²) in [6.07, 6.45) is 4.82. The van der Waals surface area contributed by atoms with Gasteiger partial charge in [-0.2, -0.15) is 0 Å². The van der Waals surface area contributed by atoms with E-state index in [1.165, 1.54) is 6.42 Å². The normalized spacial score (nSPS) is 16.5. The zero-order valence-corrected chi connectivity index (χ0v) is 11.4. The fourth-order valence-electron chi connectivity index (χ4n) is 2.39. The van der Waals surface area contributed by atoms with Crippen LogP contribution in [0.15, 0.2) is 24.3 Å². The topological polar surface area (TPSA) is 64.3 Å². The molecule has 4 heteroatoms. The summed E-state index contributed by atoms with van der Waals surface area (Å²) < 4.78 is 5.52. The maximum atomic E-state index is 11.9. The SMILES string of the molecule is CCC1(NC(=O)CCOc2cccc(N)c2)CCC1. The molecule has 19 heavy (non-hydrogen) atoms. The van der Waals surface area contributed by atoms with E-state index in [1.54, 1.807) is 12.1 Å². The predicted molar refractivity (Wildman–Crippen MR) is 76.0 cm³/mol. The van der Waals surface area contributed by atoms with Gasteiger partial charge in [-0.25, -0.2) is 0 Å². The number of benzene rings is 1. The number of anilines is 1. The third-order valence-electron chi connectivity index (χ3n) is 3.85. The summed E-state index contributed by atoms with van der Waals surface area (Å²) in [6, 6.07) is 7.25. The van der Waals surface area contributed by atoms with E-state index in [1.807, 2.05) is 12.1 Å². The number of carbonyl (C=O) groups is 1. The second-order valence-electron chi connectivity index (χ2n) is 5.21. The van der Waals surface area contributed by atoms with Crippen LogP contribution in [-0.2, 0) is 4.79 Å². The van der Waals surface area contributed by atoms with Crippen LogP contribution in [0.3, 0.4) is 0 Å². The Labute approximate surface area is 114 Å². The number of rotatable bonds is 6. The molecule has 1 aliphatic rings. The van der Waals surface area contributed by atoms with Gasteiger partial charge >= 0.3 is 0 Å².